The van der Waals surface area contributed by atoms with Crippen LogP contribution in [-0.2, 0) is 4.74 Å². The van der Waals surface area contributed by atoms with Gasteiger partial charge in [-0.1, -0.05) is 0 Å². The first-order valence-electron chi connectivity index (χ1n) is 5.01. The molecule has 0 aliphatic carbocycles. The summed E-state index contributed by atoms with van der Waals surface area (Å²) in [6.45, 7) is 1.18. The van der Waals surface area contributed by atoms with Crippen molar-refractivity contribution in [1.82, 2.24) is 4.98 Å². The van der Waals surface area contributed by atoms with E-state index in [0.717, 1.165) is 25.6 Å². The molecule has 1 aliphatic heterocycles. The number of carbonyl (C=O) groups is 1. The Balaban J connectivity index is 2.09. The summed E-state index contributed by atoms with van der Waals surface area (Å²) in [7, 11) is 0. The Labute approximate surface area is 87.3 Å². The molecule has 1 unspecified atom stereocenters. The van der Waals surface area contributed by atoms with Crippen LogP contribution >= 0.6 is 0 Å². The minimum Gasteiger partial charge on any atom is -0.381 e. The first kappa shape index (κ1) is 10.2. The van der Waals surface area contributed by atoms with E-state index in [0.29, 0.717) is 12.3 Å². The molecule has 0 spiro atoms. The number of hydrogen-bond donors (Lipinski definition) is 0. The third-order valence-electron chi connectivity index (χ3n) is 2.51. The summed E-state index contributed by atoms with van der Waals surface area (Å²) in [6, 6.07) is 2.68. The fraction of sp³-hybridized carbons (Fsp3) is 0.455. The fourth-order valence-electron chi connectivity index (χ4n) is 1.68. The van der Waals surface area contributed by atoms with Crippen molar-refractivity contribution in [2.45, 2.75) is 12.8 Å². The second kappa shape index (κ2) is 4.49. The predicted molar refractivity (Wildman–Crippen MR) is 52.1 cm³/mol. The monoisotopic (exact) mass is 209 g/mol. The van der Waals surface area contributed by atoms with Gasteiger partial charge < -0.3 is 4.74 Å². The van der Waals surface area contributed by atoms with Crippen molar-refractivity contribution in [2.75, 3.05) is 13.2 Å². The molecule has 1 aromatic rings. The van der Waals surface area contributed by atoms with E-state index < -0.39 is 5.82 Å². The maximum absolute atomic E-state index is 12.6. The molecule has 1 aromatic heterocycles. The van der Waals surface area contributed by atoms with Gasteiger partial charge in [-0.3, -0.25) is 9.78 Å². The maximum atomic E-state index is 12.6. The Kier molecular flexibility index (Phi) is 3.06. The van der Waals surface area contributed by atoms with E-state index >= 15 is 0 Å². The van der Waals surface area contributed by atoms with Crippen LogP contribution in [0.1, 0.15) is 23.3 Å². The zero-order valence-corrected chi connectivity index (χ0v) is 8.28. The minimum absolute atomic E-state index is 0.0466. The van der Waals surface area contributed by atoms with Gasteiger partial charge in [0.2, 0.25) is 0 Å². The zero-order valence-electron chi connectivity index (χ0n) is 8.28. The van der Waals surface area contributed by atoms with Gasteiger partial charge >= 0.3 is 0 Å². The lowest BCUT2D eigenvalue weighted by molar-refractivity contribution is 0.0458. The molecule has 2 heterocycles. The van der Waals surface area contributed by atoms with Crippen LogP contribution in [-0.4, -0.2) is 24.0 Å². The highest BCUT2D eigenvalue weighted by atomic mass is 19.1. The molecule has 0 bridgehead atoms. The molecule has 0 N–H and O–H groups in total. The lowest BCUT2D eigenvalue weighted by Gasteiger charge is -2.20. The number of aromatic nitrogens is 1. The van der Waals surface area contributed by atoms with Crippen LogP contribution in [0.15, 0.2) is 18.3 Å². The Morgan fingerprint density at radius 1 is 1.53 bits per heavy atom. The van der Waals surface area contributed by atoms with Crippen LogP contribution < -0.4 is 0 Å². The summed E-state index contributed by atoms with van der Waals surface area (Å²) in [5.41, 5.74) is 0.326. The van der Waals surface area contributed by atoms with Crippen molar-refractivity contribution >= 4 is 5.78 Å². The number of nitrogens with zero attached hydrogens (tertiary/aromatic N) is 1. The van der Waals surface area contributed by atoms with Crippen molar-refractivity contribution in [1.29, 1.82) is 0 Å². The topological polar surface area (TPSA) is 39.2 Å². The summed E-state index contributed by atoms with van der Waals surface area (Å²) in [4.78, 5) is 15.6. The zero-order chi connectivity index (χ0) is 10.7. The number of rotatable bonds is 2. The molecular formula is C11H12FNO2. The van der Waals surface area contributed by atoms with Gasteiger partial charge in [-0.15, -0.1) is 0 Å². The summed E-state index contributed by atoms with van der Waals surface area (Å²) in [5.74, 6) is -0.585. The third kappa shape index (κ3) is 2.39. The second-order valence-corrected chi connectivity index (χ2v) is 3.64. The largest absolute Gasteiger partial charge is 0.381 e. The van der Waals surface area contributed by atoms with E-state index in [4.69, 9.17) is 4.74 Å². The maximum Gasteiger partial charge on any atom is 0.186 e. The molecule has 0 amide bonds. The molecule has 3 nitrogen and oxygen atoms in total. The summed E-state index contributed by atoms with van der Waals surface area (Å²) >= 11 is 0. The number of Topliss-reactive ketones (excluding diaryl/α,β-unsaturated/α-hetero) is 1. The number of halogens is 1. The van der Waals surface area contributed by atoms with Gasteiger partial charge in [0.25, 0.3) is 0 Å². The molecule has 1 atom stereocenters. The van der Waals surface area contributed by atoms with E-state index in [2.05, 4.69) is 4.98 Å². The lowest BCUT2D eigenvalue weighted by Crippen LogP contribution is -2.25. The van der Waals surface area contributed by atoms with E-state index in [1.807, 2.05) is 0 Å². The quantitative estimate of drug-likeness (QED) is 0.697. The summed E-state index contributed by atoms with van der Waals surface area (Å²) in [5, 5.41) is 0. The average Bonchev–Trinajstić information content (AvgIpc) is 2.30. The Bertz CT molecular complexity index is 344. The van der Waals surface area contributed by atoms with Gasteiger partial charge in [0.15, 0.2) is 5.78 Å². The van der Waals surface area contributed by atoms with Crippen molar-refractivity contribution in [3.8, 4) is 0 Å². The second-order valence-electron chi connectivity index (χ2n) is 3.64. The van der Waals surface area contributed by atoms with Gasteiger partial charge in [0.05, 0.1) is 12.8 Å². The first-order chi connectivity index (χ1) is 7.27. The van der Waals surface area contributed by atoms with Crippen LogP contribution in [0.3, 0.4) is 0 Å². The predicted octanol–water partition coefficient (Wildman–Crippen LogP) is 1.83. The highest BCUT2D eigenvalue weighted by Gasteiger charge is 2.23. The molecule has 0 aromatic carbocycles. The van der Waals surface area contributed by atoms with Gasteiger partial charge in [0.1, 0.15) is 11.5 Å². The number of ketones is 1. The van der Waals surface area contributed by atoms with Crippen molar-refractivity contribution in [3.63, 3.8) is 0 Å². The highest BCUT2D eigenvalue weighted by Crippen LogP contribution is 2.17. The van der Waals surface area contributed by atoms with Crippen LogP contribution in [0, 0.1) is 11.7 Å². The molecule has 4 heteroatoms. The van der Waals surface area contributed by atoms with Gasteiger partial charge in [0, 0.05) is 12.5 Å². The number of hydrogen-bond acceptors (Lipinski definition) is 3. The van der Waals surface area contributed by atoms with Crippen molar-refractivity contribution in [2.24, 2.45) is 5.92 Å². The van der Waals surface area contributed by atoms with Gasteiger partial charge in [-0.2, -0.15) is 0 Å². The van der Waals surface area contributed by atoms with E-state index in [-0.39, 0.29) is 11.7 Å². The molecular weight excluding hydrogens is 197 g/mol. The van der Waals surface area contributed by atoms with Crippen LogP contribution in [0.2, 0.25) is 0 Å². The molecule has 80 valence electrons. The number of carbonyl (C=O) groups excluding carboxylic acids is 1. The minimum atomic E-state index is -0.425. The van der Waals surface area contributed by atoms with E-state index in [1.165, 1.54) is 12.1 Å². The molecule has 0 saturated carbocycles. The van der Waals surface area contributed by atoms with Crippen LogP contribution in [0.25, 0.3) is 0 Å². The van der Waals surface area contributed by atoms with E-state index in [1.54, 1.807) is 0 Å². The van der Waals surface area contributed by atoms with Crippen molar-refractivity contribution in [3.05, 3.63) is 29.8 Å². The lowest BCUT2D eigenvalue weighted by atomic mass is 9.95. The first-order valence-corrected chi connectivity index (χ1v) is 5.01. The molecule has 1 saturated heterocycles. The molecule has 1 fully saturated rings. The fourth-order valence-corrected chi connectivity index (χ4v) is 1.68. The molecule has 15 heavy (non-hydrogen) atoms. The van der Waals surface area contributed by atoms with Gasteiger partial charge in [-0.05, 0) is 25.0 Å². The Morgan fingerprint density at radius 3 is 3.00 bits per heavy atom. The average molecular weight is 209 g/mol. The molecule has 2 rings (SSSR count). The van der Waals surface area contributed by atoms with Gasteiger partial charge in [-0.25, -0.2) is 4.39 Å². The normalized spacial score (nSPS) is 21.3. The highest BCUT2D eigenvalue weighted by molar-refractivity contribution is 5.96. The Hall–Kier alpha value is -1.29. The molecule has 1 aliphatic rings. The summed E-state index contributed by atoms with van der Waals surface area (Å²) in [6.07, 6.45) is 2.80. The smallest absolute Gasteiger partial charge is 0.186 e. The summed E-state index contributed by atoms with van der Waals surface area (Å²) < 4.78 is 17.8. The van der Waals surface area contributed by atoms with Crippen LogP contribution in [0.4, 0.5) is 4.39 Å². The standard InChI is InChI=1S/C11H12FNO2/c12-9-3-4-10(13-6-9)11(14)8-2-1-5-15-7-8/h3-4,6,8H,1-2,5,7H2. The number of pyridine rings is 1. The third-order valence-corrected chi connectivity index (χ3v) is 2.51. The Morgan fingerprint density at radius 2 is 2.40 bits per heavy atom. The SMILES string of the molecule is O=C(c1ccc(F)cn1)C1CCCOC1. The number of ether oxygens (including phenoxy) is 1. The molecule has 0 radical (unpaired) electrons. The van der Waals surface area contributed by atoms with E-state index in [9.17, 15) is 9.18 Å². The van der Waals surface area contributed by atoms with Crippen LogP contribution in [0.5, 0.6) is 0 Å². The van der Waals surface area contributed by atoms with Crippen molar-refractivity contribution < 1.29 is 13.9 Å².